The van der Waals surface area contributed by atoms with Crippen LogP contribution in [0.5, 0.6) is 0 Å². The summed E-state index contributed by atoms with van der Waals surface area (Å²) in [6.45, 7) is 6.70. The Balaban J connectivity index is 2.47. The highest BCUT2D eigenvalue weighted by molar-refractivity contribution is 5.41. The molecule has 2 atom stereocenters. The quantitative estimate of drug-likeness (QED) is 0.719. The zero-order chi connectivity index (χ0) is 15.2. The van der Waals surface area contributed by atoms with E-state index in [1.165, 1.54) is 16.7 Å². The Hall–Kier alpha value is -2.02. The van der Waals surface area contributed by atoms with E-state index < -0.39 is 0 Å². The molecule has 0 heterocycles. The number of hydrogen-bond acceptors (Lipinski definition) is 1. The summed E-state index contributed by atoms with van der Waals surface area (Å²) >= 11 is 0. The summed E-state index contributed by atoms with van der Waals surface area (Å²) < 4.78 is 0. The third-order valence-corrected chi connectivity index (χ3v) is 4.40. The van der Waals surface area contributed by atoms with E-state index in [0.717, 1.165) is 12.0 Å². The van der Waals surface area contributed by atoms with Crippen molar-refractivity contribution in [2.24, 2.45) is 11.7 Å². The van der Waals surface area contributed by atoms with Crippen molar-refractivity contribution in [2.45, 2.75) is 33.1 Å². The van der Waals surface area contributed by atoms with E-state index >= 15 is 0 Å². The highest BCUT2D eigenvalue weighted by Crippen LogP contribution is 2.29. The van der Waals surface area contributed by atoms with E-state index in [1.54, 1.807) is 6.20 Å². The van der Waals surface area contributed by atoms with E-state index in [-0.39, 0.29) is 0 Å². The SMILES string of the molecule is C\C1=C\Cc2ccccc2C(C)C(C)\C=C/C=C/C1=C/N. The predicted molar refractivity (Wildman–Crippen MR) is 92.0 cm³/mol. The first-order valence-electron chi connectivity index (χ1n) is 7.65. The molecule has 0 spiro atoms. The molecule has 1 nitrogen and oxygen atoms in total. The maximum atomic E-state index is 5.74. The smallest absolute Gasteiger partial charge is 0.00140 e. The summed E-state index contributed by atoms with van der Waals surface area (Å²) in [5, 5.41) is 0. The van der Waals surface area contributed by atoms with Crippen LogP contribution in [0.1, 0.15) is 37.8 Å². The van der Waals surface area contributed by atoms with Crippen LogP contribution in [0.3, 0.4) is 0 Å². The van der Waals surface area contributed by atoms with Gasteiger partial charge in [-0.2, -0.15) is 0 Å². The number of nitrogens with two attached hydrogens (primary N) is 1. The number of rotatable bonds is 0. The van der Waals surface area contributed by atoms with E-state index in [0.29, 0.717) is 11.8 Å². The van der Waals surface area contributed by atoms with Crippen molar-refractivity contribution >= 4 is 0 Å². The van der Waals surface area contributed by atoms with E-state index in [9.17, 15) is 0 Å². The number of hydrogen-bond donors (Lipinski definition) is 1. The predicted octanol–water partition coefficient (Wildman–Crippen LogP) is 4.88. The Bertz CT molecular complexity index is 602. The number of benzene rings is 1. The van der Waals surface area contributed by atoms with Gasteiger partial charge in [-0.3, -0.25) is 0 Å². The van der Waals surface area contributed by atoms with Gasteiger partial charge in [-0.15, -0.1) is 0 Å². The molecular formula is C20H25N. The molecule has 0 aromatic heterocycles. The zero-order valence-electron chi connectivity index (χ0n) is 13.2. The molecule has 1 heteroatoms. The first-order chi connectivity index (χ1) is 10.1. The molecule has 21 heavy (non-hydrogen) atoms. The van der Waals surface area contributed by atoms with Gasteiger partial charge in [0, 0.05) is 6.20 Å². The van der Waals surface area contributed by atoms with Crippen molar-refractivity contribution in [2.75, 3.05) is 0 Å². The van der Waals surface area contributed by atoms with Gasteiger partial charge in [0.2, 0.25) is 0 Å². The van der Waals surface area contributed by atoms with Crippen molar-refractivity contribution in [3.8, 4) is 0 Å². The van der Waals surface area contributed by atoms with Gasteiger partial charge in [0.25, 0.3) is 0 Å². The van der Waals surface area contributed by atoms with Crippen LogP contribution in [-0.2, 0) is 6.42 Å². The van der Waals surface area contributed by atoms with E-state index in [1.807, 2.05) is 0 Å². The van der Waals surface area contributed by atoms with Crippen LogP contribution in [0.4, 0.5) is 0 Å². The molecule has 0 saturated carbocycles. The van der Waals surface area contributed by atoms with Crippen LogP contribution in [0.2, 0.25) is 0 Å². The average Bonchev–Trinajstić information content (AvgIpc) is 2.51. The molecule has 1 aromatic rings. The van der Waals surface area contributed by atoms with Gasteiger partial charge < -0.3 is 5.73 Å². The first-order valence-corrected chi connectivity index (χ1v) is 7.65. The fourth-order valence-corrected chi connectivity index (χ4v) is 2.71. The van der Waals surface area contributed by atoms with Crippen molar-refractivity contribution in [3.63, 3.8) is 0 Å². The first kappa shape index (κ1) is 15.4. The van der Waals surface area contributed by atoms with Gasteiger partial charge in [0.1, 0.15) is 0 Å². The lowest BCUT2D eigenvalue weighted by Crippen LogP contribution is -2.07. The highest BCUT2D eigenvalue weighted by Gasteiger charge is 2.14. The second-order valence-electron chi connectivity index (χ2n) is 5.80. The lowest BCUT2D eigenvalue weighted by molar-refractivity contribution is 0.587. The van der Waals surface area contributed by atoms with Gasteiger partial charge in [0.15, 0.2) is 0 Å². The Kier molecular flexibility index (Phi) is 5.21. The van der Waals surface area contributed by atoms with Crippen molar-refractivity contribution in [1.29, 1.82) is 0 Å². The minimum atomic E-state index is 0.505. The summed E-state index contributed by atoms with van der Waals surface area (Å²) in [6.07, 6.45) is 13.5. The summed E-state index contributed by atoms with van der Waals surface area (Å²) in [5.74, 6) is 1.02. The van der Waals surface area contributed by atoms with Gasteiger partial charge in [0.05, 0.1) is 0 Å². The molecule has 0 amide bonds. The molecule has 2 N–H and O–H groups in total. The zero-order valence-corrected chi connectivity index (χ0v) is 13.2. The van der Waals surface area contributed by atoms with Crippen LogP contribution in [-0.4, -0.2) is 0 Å². The molecule has 0 saturated heterocycles. The van der Waals surface area contributed by atoms with Gasteiger partial charge in [-0.05, 0) is 47.5 Å². The molecule has 0 radical (unpaired) electrons. The Morgan fingerprint density at radius 3 is 2.67 bits per heavy atom. The molecule has 2 rings (SSSR count). The Morgan fingerprint density at radius 2 is 1.90 bits per heavy atom. The third kappa shape index (κ3) is 3.75. The summed E-state index contributed by atoms with van der Waals surface area (Å²) in [6, 6.07) is 8.76. The lowest BCUT2D eigenvalue weighted by atomic mass is 9.84. The summed E-state index contributed by atoms with van der Waals surface area (Å²) in [7, 11) is 0. The van der Waals surface area contributed by atoms with Crippen LogP contribution in [0, 0.1) is 5.92 Å². The molecule has 0 fully saturated rings. The maximum Gasteiger partial charge on any atom is 0.00140 e. The molecule has 0 bridgehead atoms. The minimum absolute atomic E-state index is 0.505. The maximum absolute atomic E-state index is 5.74. The molecule has 110 valence electrons. The summed E-state index contributed by atoms with van der Waals surface area (Å²) in [5.41, 5.74) is 10.9. The van der Waals surface area contributed by atoms with Gasteiger partial charge in [-0.25, -0.2) is 0 Å². The van der Waals surface area contributed by atoms with Crippen LogP contribution in [0.25, 0.3) is 0 Å². The monoisotopic (exact) mass is 279 g/mol. The number of fused-ring (bicyclic) bond motifs is 1. The second kappa shape index (κ2) is 7.12. The van der Waals surface area contributed by atoms with Crippen LogP contribution in [0.15, 0.2) is 72.0 Å². The van der Waals surface area contributed by atoms with Crippen molar-refractivity contribution < 1.29 is 0 Å². The highest BCUT2D eigenvalue weighted by atomic mass is 14.5. The lowest BCUT2D eigenvalue weighted by Gasteiger charge is -2.20. The number of allylic oxidation sites excluding steroid dienone is 7. The normalized spacial score (nSPS) is 30.4. The molecule has 1 aliphatic carbocycles. The Morgan fingerprint density at radius 1 is 1.14 bits per heavy atom. The third-order valence-electron chi connectivity index (χ3n) is 4.40. The van der Waals surface area contributed by atoms with Gasteiger partial charge in [-0.1, -0.05) is 68.5 Å². The fraction of sp³-hybridized carbons (Fsp3) is 0.300. The molecule has 2 unspecified atom stereocenters. The van der Waals surface area contributed by atoms with Gasteiger partial charge >= 0.3 is 0 Å². The fourth-order valence-electron chi connectivity index (χ4n) is 2.71. The molecule has 1 aliphatic rings. The van der Waals surface area contributed by atoms with E-state index in [4.69, 9.17) is 5.73 Å². The summed E-state index contributed by atoms with van der Waals surface area (Å²) in [4.78, 5) is 0. The standard InChI is InChI=1S/C20H25N/c1-15-8-4-5-10-19(14-21)16(2)12-13-18-9-6-7-11-20(18)17(15)3/h4-12,14-15,17H,13,21H2,1-3H3/b8-4-,10-5+,16-12-,19-14-. The van der Waals surface area contributed by atoms with Crippen molar-refractivity contribution in [1.82, 2.24) is 0 Å². The van der Waals surface area contributed by atoms with Crippen LogP contribution >= 0.6 is 0 Å². The molecular weight excluding hydrogens is 254 g/mol. The van der Waals surface area contributed by atoms with E-state index in [2.05, 4.69) is 75.4 Å². The second-order valence-corrected chi connectivity index (χ2v) is 5.80. The molecule has 0 aliphatic heterocycles. The van der Waals surface area contributed by atoms with Crippen molar-refractivity contribution in [3.05, 3.63) is 83.1 Å². The Labute approximate surface area is 128 Å². The topological polar surface area (TPSA) is 26.0 Å². The largest absolute Gasteiger partial charge is 0.404 e. The molecule has 1 aromatic carbocycles. The minimum Gasteiger partial charge on any atom is -0.404 e. The van der Waals surface area contributed by atoms with Crippen LogP contribution < -0.4 is 5.73 Å². The average molecular weight is 279 g/mol.